The minimum Gasteiger partial charge on any atom is -0.330 e. The van der Waals surface area contributed by atoms with E-state index in [1.807, 2.05) is 0 Å². The van der Waals surface area contributed by atoms with E-state index < -0.39 is 0 Å². The molecule has 0 saturated carbocycles. The predicted octanol–water partition coefficient (Wildman–Crippen LogP) is 2.99. The maximum absolute atomic E-state index is 5.42. The van der Waals surface area contributed by atoms with Gasteiger partial charge >= 0.3 is 0 Å². The Hall–Kier alpha value is -1.30. The molecule has 0 amide bonds. The van der Waals surface area contributed by atoms with Gasteiger partial charge in [-0.15, -0.1) is 11.3 Å². The molecule has 0 aliphatic heterocycles. The number of rotatable bonds is 2. The van der Waals surface area contributed by atoms with Crippen LogP contribution >= 0.6 is 11.3 Å². The smallest absolute Gasteiger partial charge is 0.0499 e. The van der Waals surface area contributed by atoms with Crippen LogP contribution in [0.5, 0.6) is 0 Å². The van der Waals surface area contributed by atoms with Crippen LogP contribution in [-0.2, 0) is 0 Å². The topological polar surface area (TPSA) is 26.0 Å². The Labute approximate surface area is 93.9 Å². The quantitative estimate of drug-likeness (QED) is 0.605. The molecule has 0 saturated heterocycles. The van der Waals surface area contributed by atoms with Gasteiger partial charge < -0.3 is 5.73 Å². The number of thiophene rings is 1. The van der Waals surface area contributed by atoms with Gasteiger partial charge in [-0.25, -0.2) is 0 Å². The summed E-state index contributed by atoms with van der Waals surface area (Å²) in [6.45, 7) is 0.720. The predicted molar refractivity (Wildman–Crippen MR) is 67.0 cm³/mol. The summed E-state index contributed by atoms with van der Waals surface area (Å²) in [6.07, 6.45) is 1.87. The first kappa shape index (κ1) is 10.2. The van der Waals surface area contributed by atoms with E-state index >= 15 is 0 Å². The van der Waals surface area contributed by atoms with E-state index in [-0.39, 0.29) is 0 Å². The number of unbranched alkanes of at least 4 members (excludes halogenated alkanes) is 1. The molecule has 1 nitrogen and oxygen atoms in total. The summed E-state index contributed by atoms with van der Waals surface area (Å²) in [5, 5.41) is 3.39. The van der Waals surface area contributed by atoms with Crippen LogP contribution in [0.4, 0.5) is 0 Å². The second-order valence-electron chi connectivity index (χ2n) is 3.34. The lowest BCUT2D eigenvalue weighted by atomic mass is 10.1. The van der Waals surface area contributed by atoms with Gasteiger partial charge in [-0.2, -0.15) is 0 Å². The van der Waals surface area contributed by atoms with E-state index in [1.165, 1.54) is 10.1 Å². The van der Waals surface area contributed by atoms with Crippen molar-refractivity contribution in [3.63, 3.8) is 0 Å². The van der Waals surface area contributed by atoms with Gasteiger partial charge in [0.15, 0.2) is 0 Å². The van der Waals surface area contributed by atoms with Gasteiger partial charge in [0.25, 0.3) is 0 Å². The zero-order valence-corrected chi connectivity index (χ0v) is 9.31. The first-order chi connectivity index (χ1) is 7.42. The fraction of sp³-hybridized carbons (Fsp3) is 0.231. The highest BCUT2D eigenvalue weighted by atomic mass is 32.1. The molecule has 2 rings (SSSR count). The lowest BCUT2D eigenvalue weighted by molar-refractivity contribution is 0.870. The fourth-order valence-corrected chi connectivity index (χ4v) is 2.31. The van der Waals surface area contributed by atoms with Crippen LogP contribution < -0.4 is 5.73 Å². The number of hydrogen-bond acceptors (Lipinski definition) is 2. The SMILES string of the molecule is NCCCC#Cc1cccc2ccsc12. The third-order valence-corrected chi connectivity index (χ3v) is 3.17. The van der Waals surface area contributed by atoms with Crippen molar-refractivity contribution in [1.29, 1.82) is 0 Å². The fourth-order valence-electron chi connectivity index (χ4n) is 1.44. The van der Waals surface area contributed by atoms with Gasteiger partial charge in [0.2, 0.25) is 0 Å². The second-order valence-corrected chi connectivity index (χ2v) is 4.25. The van der Waals surface area contributed by atoms with Crippen LogP contribution in [0.3, 0.4) is 0 Å². The van der Waals surface area contributed by atoms with Gasteiger partial charge in [0, 0.05) is 16.7 Å². The highest BCUT2D eigenvalue weighted by molar-refractivity contribution is 7.17. The lowest BCUT2D eigenvalue weighted by Gasteiger charge is -1.92. The maximum atomic E-state index is 5.42. The van der Waals surface area contributed by atoms with Gasteiger partial charge in [0.05, 0.1) is 0 Å². The van der Waals surface area contributed by atoms with Crippen molar-refractivity contribution in [1.82, 2.24) is 0 Å². The summed E-state index contributed by atoms with van der Waals surface area (Å²) >= 11 is 1.75. The van der Waals surface area contributed by atoms with E-state index in [0.717, 1.165) is 24.9 Å². The molecule has 2 N–H and O–H groups in total. The summed E-state index contributed by atoms with van der Waals surface area (Å²) in [4.78, 5) is 0. The molecule has 1 heterocycles. The Morgan fingerprint density at radius 3 is 3.07 bits per heavy atom. The maximum Gasteiger partial charge on any atom is 0.0499 e. The molecule has 1 aromatic carbocycles. The molecule has 2 heteroatoms. The van der Waals surface area contributed by atoms with Crippen LogP contribution in [0.1, 0.15) is 18.4 Å². The largest absolute Gasteiger partial charge is 0.330 e. The van der Waals surface area contributed by atoms with Gasteiger partial charge in [-0.3, -0.25) is 0 Å². The minimum absolute atomic E-state index is 0.720. The molecule has 0 spiro atoms. The second kappa shape index (κ2) is 4.97. The standard InChI is InChI=1S/C13H13NS/c14-9-3-1-2-5-11-6-4-7-12-8-10-15-13(11)12/h4,6-8,10H,1,3,9,14H2. The normalized spacial score (nSPS) is 9.93. The summed E-state index contributed by atoms with van der Waals surface area (Å²) in [7, 11) is 0. The molecule has 1 aromatic heterocycles. The Bertz CT molecular complexity index is 502. The van der Waals surface area contributed by atoms with Gasteiger partial charge in [0.1, 0.15) is 0 Å². The van der Waals surface area contributed by atoms with Crippen molar-refractivity contribution in [3.8, 4) is 11.8 Å². The first-order valence-electron chi connectivity index (χ1n) is 5.07. The molecule has 0 radical (unpaired) electrons. The molecule has 2 aromatic rings. The molecule has 0 aliphatic carbocycles. The van der Waals surface area contributed by atoms with E-state index in [2.05, 4.69) is 41.5 Å². The number of hydrogen-bond donors (Lipinski definition) is 1. The zero-order chi connectivity index (χ0) is 10.5. The van der Waals surface area contributed by atoms with Crippen LogP contribution in [0, 0.1) is 11.8 Å². The van der Waals surface area contributed by atoms with Crippen molar-refractivity contribution in [2.45, 2.75) is 12.8 Å². The van der Waals surface area contributed by atoms with Crippen molar-refractivity contribution < 1.29 is 0 Å². The third-order valence-electron chi connectivity index (χ3n) is 2.21. The summed E-state index contributed by atoms with van der Waals surface area (Å²) in [5.74, 6) is 6.37. The molecular formula is C13H13NS. The Morgan fingerprint density at radius 1 is 1.27 bits per heavy atom. The summed E-state index contributed by atoms with van der Waals surface area (Å²) < 4.78 is 1.29. The molecule has 15 heavy (non-hydrogen) atoms. The highest BCUT2D eigenvalue weighted by Gasteiger charge is 1.97. The number of benzene rings is 1. The molecule has 0 aliphatic rings. The van der Waals surface area contributed by atoms with E-state index in [0.29, 0.717) is 0 Å². The van der Waals surface area contributed by atoms with E-state index in [1.54, 1.807) is 11.3 Å². The van der Waals surface area contributed by atoms with Crippen molar-refractivity contribution >= 4 is 21.4 Å². The number of fused-ring (bicyclic) bond motifs is 1. The Morgan fingerprint density at radius 2 is 2.20 bits per heavy atom. The molecule has 76 valence electrons. The Balaban J connectivity index is 2.26. The van der Waals surface area contributed by atoms with Crippen LogP contribution in [0.15, 0.2) is 29.6 Å². The van der Waals surface area contributed by atoms with Crippen molar-refractivity contribution in [2.75, 3.05) is 6.54 Å². The van der Waals surface area contributed by atoms with Crippen LogP contribution in [0.2, 0.25) is 0 Å². The average molecular weight is 215 g/mol. The molecule has 0 fully saturated rings. The lowest BCUT2D eigenvalue weighted by Crippen LogP contribution is -1.96. The summed E-state index contributed by atoms with van der Waals surface area (Å²) in [5.41, 5.74) is 6.55. The third kappa shape index (κ3) is 2.38. The monoisotopic (exact) mass is 215 g/mol. The zero-order valence-electron chi connectivity index (χ0n) is 8.49. The van der Waals surface area contributed by atoms with Gasteiger partial charge in [-0.05, 0) is 35.9 Å². The Kier molecular flexibility index (Phi) is 3.39. The van der Waals surface area contributed by atoms with Crippen LogP contribution in [0.25, 0.3) is 10.1 Å². The first-order valence-corrected chi connectivity index (χ1v) is 5.95. The number of nitrogens with two attached hydrogens (primary N) is 1. The summed E-state index contributed by atoms with van der Waals surface area (Å²) in [6, 6.07) is 8.39. The van der Waals surface area contributed by atoms with Crippen LogP contribution in [-0.4, -0.2) is 6.54 Å². The molecule has 0 unspecified atom stereocenters. The average Bonchev–Trinajstić information content (AvgIpc) is 2.73. The van der Waals surface area contributed by atoms with E-state index in [9.17, 15) is 0 Å². The highest BCUT2D eigenvalue weighted by Crippen LogP contribution is 2.23. The van der Waals surface area contributed by atoms with Crippen molar-refractivity contribution in [2.24, 2.45) is 5.73 Å². The molecule has 0 bridgehead atoms. The van der Waals surface area contributed by atoms with E-state index in [4.69, 9.17) is 5.73 Å². The van der Waals surface area contributed by atoms with Crippen molar-refractivity contribution in [3.05, 3.63) is 35.2 Å². The molecular weight excluding hydrogens is 202 g/mol. The minimum atomic E-state index is 0.720. The molecule has 0 atom stereocenters. The van der Waals surface area contributed by atoms with Gasteiger partial charge in [-0.1, -0.05) is 24.0 Å².